The molecule has 208 valence electrons. The number of rotatable bonds is 10. The van der Waals surface area contributed by atoms with Crippen LogP contribution in [0, 0.1) is 13.8 Å². The number of nitrogens with one attached hydrogen (secondary N) is 1. The maximum absolute atomic E-state index is 13.6. The van der Waals surface area contributed by atoms with Crippen LogP contribution in [0.15, 0.2) is 88.9 Å². The summed E-state index contributed by atoms with van der Waals surface area (Å²) in [5.74, 6) is -0.0363. The Kier molecular flexibility index (Phi) is 9.19. The van der Waals surface area contributed by atoms with Gasteiger partial charge >= 0.3 is 0 Å². The van der Waals surface area contributed by atoms with Gasteiger partial charge in [0.05, 0.1) is 23.4 Å². The van der Waals surface area contributed by atoms with E-state index in [0.717, 1.165) is 26.9 Å². The van der Waals surface area contributed by atoms with Gasteiger partial charge in [0.25, 0.3) is 15.9 Å². The summed E-state index contributed by atoms with van der Waals surface area (Å²) in [5, 5.41) is 5.12. The molecule has 0 saturated heterocycles. The molecular weight excluding hydrogens is 571 g/mol. The molecule has 1 N–H and O–H groups in total. The van der Waals surface area contributed by atoms with Crippen molar-refractivity contribution in [1.82, 2.24) is 9.99 Å². The van der Waals surface area contributed by atoms with E-state index in [0.29, 0.717) is 28.1 Å². The van der Waals surface area contributed by atoms with Crippen molar-refractivity contribution in [3.8, 4) is 11.4 Å². The molecule has 8 nitrogen and oxygen atoms in total. The van der Waals surface area contributed by atoms with Gasteiger partial charge in [-0.25, -0.2) is 13.8 Å². The highest BCUT2D eigenvalue weighted by Gasteiger charge is 2.27. The van der Waals surface area contributed by atoms with Crippen molar-refractivity contribution in [3.05, 3.63) is 106 Å². The van der Waals surface area contributed by atoms with Crippen LogP contribution in [0.25, 0.3) is 5.69 Å². The summed E-state index contributed by atoms with van der Waals surface area (Å²) in [4.78, 5) is 12.9. The van der Waals surface area contributed by atoms with Crippen LogP contribution in [0.5, 0.6) is 5.75 Å². The molecule has 1 amide bonds. The van der Waals surface area contributed by atoms with Crippen LogP contribution in [0.2, 0.25) is 10.0 Å². The third-order valence-corrected chi connectivity index (χ3v) is 8.33. The van der Waals surface area contributed by atoms with Crippen molar-refractivity contribution in [2.75, 3.05) is 17.5 Å². The van der Waals surface area contributed by atoms with E-state index in [1.54, 1.807) is 30.3 Å². The molecule has 1 heterocycles. The zero-order chi connectivity index (χ0) is 28.9. The zero-order valence-corrected chi connectivity index (χ0v) is 24.5. The lowest BCUT2D eigenvalue weighted by Crippen LogP contribution is -2.39. The van der Waals surface area contributed by atoms with Gasteiger partial charge in [-0.05, 0) is 93.6 Å². The number of sulfonamides is 1. The maximum atomic E-state index is 13.6. The summed E-state index contributed by atoms with van der Waals surface area (Å²) in [6.45, 7) is 5.71. The molecular formula is C29H28Cl2N4O4S. The fourth-order valence-electron chi connectivity index (χ4n) is 4.19. The largest absolute Gasteiger partial charge is 0.494 e. The molecule has 40 heavy (non-hydrogen) atoms. The Morgan fingerprint density at radius 3 is 2.35 bits per heavy atom. The minimum Gasteiger partial charge on any atom is -0.494 e. The van der Waals surface area contributed by atoms with E-state index < -0.39 is 22.5 Å². The number of hydrazone groups is 1. The first-order chi connectivity index (χ1) is 19.1. The molecule has 1 aromatic heterocycles. The molecule has 0 radical (unpaired) electrons. The lowest BCUT2D eigenvalue weighted by atomic mass is 10.2. The molecule has 3 aromatic carbocycles. The number of anilines is 1. The Balaban J connectivity index is 1.56. The van der Waals surface area contributed by atoms with Gasteiger partial charge in [0, 0.05) is 32.7 Å². The molecule has 0 aliphatic heterocycles. The van der Waals surface area contributed by atoms with Gasteiger partial charge in [-0.3, -0.25) is 9.10 Å². The lowest BCUT2D eigenvalue weighted by molar-refractivity contribution is -0.119. The van der Waals surface area contributed by atoms with E-state index in [9.17, 15) is 13.2 Å². The van der Waals surface area contributed by atoms with Gasteiger partial charge in [-0.2, -0.15) is 5.10 Å². The SMILES string of the molecule is CCOc1ccc(N(CC(=O)N/N=C/c2cc(C)n(-c3cccc(Cl)c3)c2C)S(=O)(=O)c2ccc(Cl)cc2)cc1. The minimum atomic E-state index is -4.10. The summed E-state index contributed by atoms with van der Waals surface area (Å²) >= 11 is 12.1. The molecule has 0 saturated carbocycles. The smallest absolute Gasteiger partial charge is 0.264 e. The van der Waals surface area contributed by atoms with E-state index in [1.807, 2.05) is 49.6 Å². The fourth-order valence-corrected chi connectivity index (χ4v) is 5.93. The predicted molar refractivity (Wildman–Crippen MR) is 160 cm³/mol. The molecule has 11 heteroatoms. The quantitative estimate of drug-likeness (QED) is 0.175. The summed E-state index contributed by atoms with van der Waals surface area (Å²) in [7, 11) is -4.10. The predicted octanol–water partition coefficient (Wildman–Crippen LogP) is 6.15. The number of ether oxygens (including phenoxy) is 1. The molecule has 0 aliphatic rings. The third kappa shape index (κ3) is 6.67. The van der Waals surface area contributed by atoms with Crippen LogP contribution >= 0.6 is 23.2 Å². The first kappa shape index (κ1) is 29.2. The number of carbonyl (C=O) groups is 1. The van der Waals surface area contributed by atoms with Crippen LogP contribution in [0.1, 0.15) is 23.9 Å². The van der Waals surface area contributed by atoms with Gasteiger partial charge < -0.3 is 9.30 Å². The summed E-state index contributed by atoms with van der Waals surface area (Å²) < 4.78 is 35.6. The number of aryl methyl sites for hydroxylation is 1. The number of halogens is 2. The molecule has 0 unspecified atom stereocenters. The highest BCUT2D eigenvalue weighted by Crippen LogP contribution is 2.27. The highest BCUT2D eigenvalue weighted by molar-refractivity contribution is 7.92. The molecule has 0 spiro atoms. The topological polar surface area (TPSA) is 93.0 Å². The second kappa shape index (κ2) is 12.6. The second-order valence-corrected chi connectivity index (χ2v) is 11.6. The van der Waals surface area contributed by atoms with Gasteiger partial charge in [-0.1, -0.05) is 29.3 Å². The highest BCUT2D eigenvalue weighted by atomic mass is 35.5. The molecule has 0 bridgehead atoms. The van der Waals surface area contributed by atoms with E-state index in [1.165, 1.54) is 30.5 Å². The van der Waals surface area contributed by atoms with E-state index in [2.05, 4.69) is 10.5 Å². The zero-order valence-electron chi connectivity index (χ0n) is 22.1. The Labute approximate surface area is 243 Å². The first-order valence-corrected chi connectivity index (χ1v) is 14.6. The van der Waals surface area contributed by atoms with Crippen molar-refractivity contribution in [1.29, 1.82) is 0 Å². The van der Waals surface area contributed by atoms with Crippen LogP contribution < -0.4 is 14.5 Å². The number of amides is 1. The average Bonchev–Trinajstić information content (AvgIpc) is 3.20. The number of aromatic nitrogens is 1. The average molecular weight is 600 g/mol. The van der Waals surface area contributed by atoms with Gasteiger partial charge in [0.15, 0.2) is 0 Å². The van der Waals surface area contributed by atoms with E-state index >= 15 is 0 Å². The first-order valence-electron chi connectivity index (χ1n) is 12.4. The minimum absolute atomic E-state index is 0.00413. The summed E-state index contributed by atoms with van der Waals surface area (Å²) in [6.07, 6.45) is 1.52. The van der Waals surface area contributed by atoms with Gasteiger partial charge in [-0.15, -0.1) is 0 Å². The summed E-state index contributed by atoms with van der Waals surface area (Å²) in [5.41, 5.74) is 6.30. The molecule has 4 aromatic rings. The number of hydrogen-bond donors (Lipinski definition) is 1. The Hall–Kier alpha value is -3.79. The van der Waals surface area contributed by atoms with E-state index in [-0.39, 0.29) is 4.90 Å². The number of nitrogens with zero attached hydrogens (tertiary/aromatic N) is 3. The van der Waals surface area contributed by atoms with Gasteiger partial charge in [0.1, 0.15) is 12.3 Å². The van der Waals surface area contributed by atoms with Crippen molar-refractivity contribution in [3.63, 3.8) is 0 Å². The Bertz CT molecular complexity index is 1630. The molecule has 0 aliphatic carbocycles. The third-order valence-electron chi connectivity index (χ3n) is 6.05. The van der Waals surface area contributed by atoms with E-state index in [4.69, 9.17) is 27.9 Å². The normalized spacial score (nSPS) is 11.5. The second-order valence-electron chi connectivity index (χ2n) is 8.83. The summed E-state index contributed by atoms with van der Waals surface area (Å²) in [6, 6.07) is 21.6. The monoisotopic (exact) mass is 598 g/mol. The fraction of sp³-hybridized carbons (Fsp3) is 0.172. The van der Waals surface area contributed by atoms with Crippen LogP contribution in [0.3, 0.4) is 0 Å². The molecule has 0 atom stereocenters. The van der Waals surface area contributed by atoms with Crippen molar-refractivity contribution in [2.45, 2.75) is 25.7 Å². The lowest BCUT2D eigenvalue weighted by Gasteiger charge is -2.24. The number of benzene rings is 3. The number of hydrogen-bond acceptors (Lipinski definition) is 5. The Morgan fingerprint density at radius 1 is 1.00 bits per heavy atom. The van der Waals surface area contributed by atoms with Crippen molar-refractivity contribution >= 4 is 51.0 Å². The van der Waals surface area contributed by atoms with Crippen molar-refractivity contribution in [2.24, 2.45) is 5.10 Å². The Morgan fingerprint density at radius 2 is 1.70 bits per heavy atom. The van der Waals surface area contributed by atoms with Crippen molar-refractivity contribution < 1.29 is 17.9 Å². The molecule has 4 rings (SSSR count). The van der Waals surface area contributed by atoms with Crippen LogP contribution in [0.4, 0.5) is 5.69 Å². The standard InChI is InChI=1S/C29H28Cl2N4O4S/c1-4-39-27-12-10-25(11-13-27)34(40(37,38)28-14-8-23(30)9-15-28)19-29(36)33-32-18-22-16-20(2)35(21(22)3)26-7-5-6-24(31)17-26/h5-18H,4,19H2,1-3H3,(H,33,36)/b32-18+. The van der Waals surface area contributed by atoms with Crippen LogP contribution in [-0.2, 0) is 14.8 Å². The maximum Gasteiger partial charge on any atom is 0.264 e. The van der Waals surface area contributed by atoms with Gasteiger partial charge in [0.2, 0.25) is 0 Å². The number of carbonyl (C=O) groups excluding carboxylic acids is 1. The van der Waals surface area contributed by atoms with Crippen LogP contribution in [-0.4, -0.2) is 38.3 Å². The molecule has 0 fully saturated rings.